The zero-order chi connectivity index (χ0) is 11.5. The van der Waals surface area contributed by atoms with Gasteiger partial charge in [0.25, 0.3) is 0 Å². The van der Waals surface area contributed by atoms with Crippen molar-refractivity contribution < 1.29 is 9.84 Å². The molecule has 0 aromatic heterocycles. The number of phenolic OH excluding ortho intramolecular Hbond substituents is 1. The third kappa shape index (κ3) is 1.87. The first kappa shape index (κ1) is 10.6. The fourth-order valence-corrected chi connectivity index (χ4v) is 1.82. The van der Waals surface area contributed by atoms with Gasteiger partial charge in [-0.05, 0) is 30.2 Å². The van der Waals surface area contributed by atoms with Gasteiger partial charge in [-0.25, -0.2) is 0 Å². The smallest absolute Gasteiger partial charge is 0.129 e. The lowest BCUT2D eigenvalue weighted by atomic mass is 10.0. The molecule has 0 radical (unpaired) electrons. The number of hydrogen-bond donors (Lipinski definition) is 1. The zero-order valence-corrected chi connectivity index (χ0v) is 9.40. The fourth-order valence-electron chi connectivity index (χ4n) is 1.82. The maximum absolute atomic E-state index is 9.47. The number of phenols is 1. The van der Waals surface area contributed by atoms with Crippen LogP contribution >= 0.6 is 0 Å². The van der Waals surface area contributed by atoms with Crippen LogP contribution in [-0.4, -0.2) is 12.2 Å². The Hall–Kier alpha value is -1.96. The molecule has 0 aliphatic rings. The van der Waals surface area contributed by atoms with Gasteiger partial charge < -0.3 is 9.84 Å². The van der Waals surface area contributed by atoms with E-state index < -0.39 is 0 Å². The Morgan fingerprint density at radius 2 is 1.81 bits per heavy atom. The Morgan fingerprint density at radius 1 is 1.06 bits per heavy atom. The monoisotopic (exact) mass is 214 g/mol. The quantitative estimate of drug-likeness (QED) is 0.830. The molecule has 0 heterocycles. The Labute approximate surface area is 95.1 Å². The highest BCUT2D eigenvalue weighted by Crippen LogP contribution is 2.33. The van der Waals surface area contributed by atoms with E-state index >= 15 is 0 Å². The molecular formula is C14H14O2. The standard InChI is InChI=1S/C14H14O2/c1-10-5-3-8-13(14(10)16-2)11-6-4-7-12(15)9-11/h3-9,15H,1-2H3. The molecule has 2 aromatic rings. The van der Waals surface area contributed by atoms with Gasteiger partial charge in [-0.3, -0.25) is 0 Å². The summed E-state index contributed by atoms with van der Waals surface area (Å²) in [5.41, 5.74) is 3.04. The summed E-state index contributed by atoms with van der Waals surface area (Å²) in [7, 11) is 1.66. The molecule has 2 heteroatoms. The highest BCUT2D eigenvalue weighted by atomic mass is 16.5. The molecule has 82 valence electrons. The lowest BCUT2D eigenvalue weighted by Crippen LogP contribution is -1.90. The average Bonchev–Trinajstić information content (AvgIpc) is 2.28. The summed E-state index contributed by atoms with van der Waals surface area (Å²) >= 11 is 0. The summed E-state index contributed by atoms with van der Waals surface area (Å²) in [6.07, 6.45) is 0. The summed E-state index contributed by atoms with van der Waals surface area (Å²) in [5, 5.41) is 9.47. The van der Waals surface area contributed by atoms with Crippen molar-refractivity contribution in [3.8, 4) is 22.6 Å². The lowest BCUT2D eigenvalue weighted by molar-refractivity contribution is 0.413. The van der Waals surface area contributed by atoms with Crippen molar-refractivity contribution in [1.82, 2.24) is 0 Å². The summed E-state index contributed by atoms with van der Waals surface area (Å²) in [6.45, 7) is 2.01. The van der Waals surface area contributed by atoms with Crippen LogP contribution in [-0.2, 0) is 0 Å². The highest BCUT2D eigenvalue weighted by Gasteiger charge is 2.07. The second-order valence-electron chi connectivity index (χ2n) is 3.71. The van der Waals surface area contributed by atoms with Crippen molar-refractivity contribution in [2.45, 2.75) is 6.92 Å². The largest absolute Gasteiger partial charge is 0.508 e. The molecule has 0 aliphatic carbocycles. The van der Waals surface area contributed by atoms with Crippen LogP contribution < -0.4 is 4.74 Å². The van der Waals surface area contributed by atoms with Crippen LogP contribution in [0.5, 0.6) is 11.5 Å². The zero-order valence-electron chi connectivity index (χ0n) is 9.40. The fraction of sp³-hybridized carbons (Fsp3) is 0.143. The van der Waals surface area contributed by atoms with Gasteiger partial charge in [0.2, 0.25) is 0 Å². The summed E-state index contributed by atoms with van der Waals surface area (Å²) in [6, 6.07) is 13.1. The molecule has 0 bridgehead atoms. The van der Waals surface area contributed by atoms with E-state index in [-0.39, 0.29) is 5.75 Å². The third-order valence-corrected chi connectivity index (χ3v) is 2.57. The summed E-state index contributed by atoms with van der Waals surface area (Å²) in [5.74, 6) is 1.12. The van der Waals surface area contributed by atoms with Crippen molar-refractivity contribution in [1.29, 1.82) is 0 Å². The van der Waals surface area contributed by atoms with Crippen molar-refractivity contribution in [3.05, 3.63) is 48.0 Å². The molecule has 0 amide bonds. The molecule has 0 atom stereocenters. The van der Waals surface area contributed by atoms with E-state index in [0.29, 0.717) is 0 Å². The Morgan fingerprint density at radius 3 is 2.50 bits per heavy atom. The molecule has 0 fully saturated rings. The molecule has 16 heavy (non-hydrogen) atoms. The first-order valence-electron chi connectivity index (χ1n) is 5.15. The normalized spacial score (nSPS) is 10.1. The van der Waals surface area contributed by atoms with Crippen LogP contribution in [0.2, 0.25) is 0 Å². The molecule has 0 saturated carbocycles. The number of hydrogen-bond acceptors (Lipinski definition) is 2. The van der Waals surface area contributed by atoms with Crippen LogP contribution in [0.4, 0.5) is 0 Å². The van der Waals surface area contributed by atoms with Gasteiger partial charge >= 0.3 is 0 Å². The Bertz CT molecular complexity index is 504. The van der Waals surface area contributed by atoms with Crippen LogP contribution in [0, 0.1) is 6.92 Å². The minimum Gasteiger partial charge on any atom is -0.508 e. The first-order valence-corrected chi connectivity index (χ1v) is 5.15. The number of benzene rings is 2. The predicted molar refractivity (Wildman–Crippen MR) is 64.8 cm³/mol. The number of aryl methyl sites for hydroxylation is 1. The summed E-state index contributed by atoms with van der Waals surface area (Å²) < 4.78 is 5.39. The molecule has 0 spiro atoms. The van der Waals surface area contributed by atoms with Gasteiger partial charge in [-0.2, -0.15) is 0 Å². The number of methoxy groups -OCH3 is 1. The van der Waals surface area contributed by atoms with Gasteiger partial charge in [0.15, 0.2) is 0 Å². The Balaban J connectivity index is 2.60. The maximum atomic E-state index is 9.47. The molecular weight excluding hydrogens is 200 g/mol. The van der Waals surface area contributed by atoms with Gasteiger partial charge in [0.05, 0.1) is 7.11 Å². The minimum absolute atomic E-state index is 0.265. The Kier molecular flexibility index (Phi) is 2.82. The van der Waals surface area contributed by atoms with Crippen LogP contribution in [0.25, 0.3) is 11.1 Å². The maximum Gasteiger partial charge on any atom is 0.129 e. The molecule has 0 unspecified atom stereocenters. The van der Waals surface area contributed by atoms with E-state index in [0.717, 1.165) is 22.4 Å². The van der Waals surface area contributed by atoms with Crippen LogP contribution in [0.1, 0.15) is 5.56 Å². The topological polar surface area (TPSA) is 29.5 Å². The van der Waals surface area contributed by atoms with Crippen LogP contribution in [0.3, 0.4) is 0 Å². The van der Waals surface area contributed by atoms with E-state index in [2.05, 4.69) is 0 Å². The van der Waals surface area contributed by atoms with Gasteiger partial charge in [-0.15, -0.1) is 0 Å². The molecule has 2 aromatic carbocycles. The lowest BCUT2D eigenvalue weighted by Gasteiger charge is -2.11. The molecule has 1 N–H and O–H groups in total. The van der Waals surface area contributed by atoms with Crippen molar-refractivity contribution >= 4 is 0 Å². The SMILES string of the molecule is COc1c(C)cccc1-c1cccc(O)c1. The second kappa shape index (κ2) is 4.27. The van der Waals surface area contributed by atoms with E-state index in [1.165, 1.54) is 0 Å². The van der Waals surface area contributed by atoms with E-state index in [1.807, 2.05) is 37.3 Å². The van der Waals surface area contributed by atoms with E-state index in [4.69, 9.17) is 4.74 Å². The molecule has 2 rings (SSSR count). The van der Waals surface area contributed by atoms with Crippen molar-refractivity contribution in [2.75, 3.05) is 7.11 Å². The van der Waals surface area contributed by atoms with Gasteiger partial charge in [0.1, 0.15) is 11.5 Å². The molecule has 0 saturated heterocycles. The summed E-state index contributed by atoms with van der Waals surface area (Å²) in [4.78, 5) is 0. The number of rotatable bonds is 2. The number of para-hydroxylation sites is 1. The number of ether oxygens (including phenoxy) is 1. The average molecular weight is 214 g/mol. The second-order valence-corrected chi connectivity index (χ2v) is 3.71. The van der Waals surface area contributed by atoms with Crippen LogP contribution in [0.15, 0.2) is 42.5 Å². The van der Waals surface area contributed by atoms with Crippen molar-refractivity contribution in [2.24, 2.45) is 0 Å². The first-order chi connectivity index (χ1) is 7.72. The minimum atomic E-state index is 0.265. The van der Waals surface area contributed by atoms with Gasteiger partial charge in [-0.1, -0.05) is 30.3 Å². The molecule has 0 aliphatic heterocycles. The predicted octanol–water partition coefficient (Wildman–Crippen LogP) is 3.38. The third-order valence-electron chi connectivity index (χ3n) is 2.57. The molecule has 2 nitrogen and oxygen atoms in total. The number of aromatic hydroxyl groups is 1. The van der Waals surface area contributed by atoms with Gasteiger partial charge in [0, 0.05) is 5.56 Å². The highest BCUT2D eigenvalue weighted by molar-refractivity contribution is 5.73. The van der Waals surface area contributed by atoms with E-state index in [9.17, 15) is 5.11 Å². The van der Waals surface area contributed by atoms with E-state index in [1.54, 1.807) is 19.2 Å². The van der Waals surface area contributed by atoms with Crippen molar-refractivity contribution in [3.63, 3.8) is 0 Å².